The summed E-state index contributed by atoms with van der Waals surface area (Å²) in [7, 11) is 0. The van der Waals surface area contributed by atoms with Crippen LogP contribution in [0.3, 0.4) is 0 Å². The van der Waals surface area contributed by atoms with E-state index in [1.54, 1.807) is 0 Å². The fourth-order valence-corrected chi connectivity index (χ4v) is 4.73. The van der Waals surface area contributed by atoms with E-state index in [0.717, 1.165) is 0 Å². The Hall–Kier alpha value is 2.41. The van der Waals surface area contributed by atoms with Gasteiger partial charge in [-0.3, -0.25) is 0 Å². The van der Waals surface area contributed by atoms with Crippen LogP contribution in [0.5, 0.6) is 0 Å². The second-order valence-corrected chi connectivity index (χ2v) is 8.17. The van der Waals surface area contributed by atoms with E-state index in [1.807, 2.05) is 0 Å². The van der Waals surface area contributed by atoms with Crippen molar-refractivity contribution in [2.45, 2.75) is 30.1 Å². The van der Waals surface area contributed by atoms with Crippen molar-refractivity contribution < 1.29 is 0 Å². The van der Waals surface area contributed by atoms with Gasteiger partial charge >= 0.3 is 0 Å². The van der Waals surface area contributed by atoms with Crippen LogP contribution in [0, 0.1) is 0 Å². The summed E-state index contributed by atoms with van der Waals surface area (Å²) in [6, 6.07) is 0. The minimum atomic E-state index is -0.862. The summed E-state index contributed by atoms with van der Waals surface area (Å²) in [5, 5.41) is -1.72. The number of hydrogen-bond donors (Lipinski definition) is 0. The molecule has 1 aliphatic rings. The third kappa shape index (κ3) is 2.40. The Balaban J connectivity index is 2.93. The van der Waals surface area contributed by atoms with Gasteiger partial charge in [-0.25, -0.2) is 0 Å². The van der Waals surface area contributed by atoms with Gasteiger partial charge in [0.1, 0.15) is 3.78 Å². The molecule has 0 bridgehead atoms. The lowest BCUT2D eigenvalue weighted by Crippen LogP contribution is -2.56. The van der Waals surface area contributed by atoms with Gasteiger partial charge < -0.3 is 0 Å². The second-order valence-electron chi connectivity index (χ2n) is 2.81. The van der Waals surface area contributed by atoms with Crippen LogP contribution in [0.25, 0.3) is 0 Å². The van der Waals surface area contributed by atoms with Gasteiger partial charge in [0.15, 0.2) is 0 Å². The van der Waals surface area contributed by atoms with Crippen molar-refractivity contribution >= 4 is 89.9 Å². The van der Waals surface area contributed by atoms with E-state index in [2.05, 4.69) is 31.9 Å². The largest absolute Gasteiger partial charge is 0.131 e. The molecule has 7 heteroatoms. The predicted octanol–water partition coefficient (Wildman–Crippen LogP) is 4.52. The summed E-state index contributed by atoms with van der Waals surface area (Å²) in [5.74, 6) is 0. The number of hydrogen-bond acceptors (Lipinski definition) is 0. The molecule has 78 valence electrons. The van der Waals surface area contributed by atoms with Crippen molar-refractivity contribution in [1.82, 2.24) is 0 Å². The van der Waals surface area contributed by atoms with Crippen molar-refractivity contribution in [3.05, 3.63) is 0 Å². The fourth-order valence-electron chi connectivity index (χ4n) is 1.08. The quantitative estimate of drug-likeness (QED) is 0.512. The maximum Gasteiger partial charge on any atom is 0.131 e. The van der Waals surface area contributed by atoms with Crippen LogP contribution in [0.2, 0.25) is 0 Å². The number of rotatable bonds is 0. The molecule has 13 heavy (non-hydrogen) atoms. The molecule has 1 aliphatic carbocycles. The molecule has 6 unspecified atom stereocenters. The molecule has 1 rings (SSSR count). The smallest absolute Gasteiger partial charge is 0.120 e. The standard InChI is InChI=1S/C6H5Br2Cl5/c7-4-2(10)1(9)3(11)5(12)6(4,8)13/h1-5H. The molecule has 0 nitrogen and oxygen atoms in total. The van der Waals surface area contributed by atoms with Crippen LogP contribution < -0.4 is 0 Å². The third-order valence-electron chi connectivity index (χ3n) is 1.90. The highest BCUT2D eigenvalue weighted by molar-refractivity contribution is 9.13. The minimum Gasteiger partial charge on any atom is -0.120 e. The Labute approximate surface area is 119 Å². The third-order valence-corrected chi connectivity index (χ3v) is 8.80. The summed E-state index contributed by atoms with van der Waals surface area (Å²) in [6.07, 6.45) is 0. The molecular weight excluding hydrogens is 409 g/mol. The van der Waals surface area contributed by atoms with E-state index < -0.39 is 19.9 Å². The first-order valence-electron chi connectivity index (χ1n) is 3.38. The highest BCUT2D eigenvalue weighted by Crippen LogP contribution is 2.50. The Kier molecular flexibility index (Phi) is 4.90. The molecule has 0 aromatic heterocycles. The highest BCUT2D eigenvalue weighted by atomic mass is 79.9. The second kappa shape index (κ2) is 4.73. The molecule has 0 aromatic carbocycles. The van der Waals surface area contributed by atoms with E-state index in [9.17, 15) is 0 Å². The number of alkyl halides is 7. The highest BCUT2D eigenvalue weighted by Gasteiger charge is 2.55. The summed E-state index contributed by atoms with van der Waals surface area (Å²) in [4.78, 5) is -0.233. The topological polar surface area (TPSA) is 0 Å². The molecule has 0 aliphatic heterocycles. The van der Waals surface area contributed by atoms with Crippen LogP contribution in [0.4, 0.5) is 0 Å². The molecule has 0 N–H and O–H groups in total. The zero-order valence-corrected chi connectivity index (χ0v) is 13.0. The molecule has 0 heterocycles. The lowest BCUT2D eigenvalue weighted by atomic mass is 9.97. The van der Waals surface area contributed by atoms with Crippen LogP contribution in [0.15, 0.2) is 0 Å². The minimum absolute atomic E-state index is 0.233. The van der Waals surface area contributed by atoms with Crippen molar-refractivity contribution in [2.24, 2.45) is 0 Å². The first-order chi connectivity index (χ1) is 5.80. The van der Waals surface area contributed by atoms with Crippen molar-refractivity contribution in [3.8, 4) is 0 Å². The Bertz CT molecular complexity index is 181. The summed E-state index contributed by atoms with van der Waals surface area (Å²) in [6.45, 7) is 0. The molecule has 0 radical (unpaired) electrons. The molecule has 0 aromatic rings. The van der Waals surface area contributed by atoms with E-state index in [-0.39, 0.29) is 10.2 Å². The van der Waals surface area contributed by atoms with Gasteiger partial charge in [0.05, 0.1) is 26.3 Å². The van der Waals surface area contributed by atoms with E-state index >= 15 is 0 Å². The van der Waals surface area contributed by atoms with Crippen molar-refractivity contribution in [1.29, 1.82) is 0 Å². The Morgan fingerprint density at radius 1 is 0.923 bits per heavy atom. The van der Waals surface area contributed by atoms with Crippen molar-refractivity contribution in [2.75, 3.05) is 0 Å². The zero-order chi connectivity index (χ0) is 10.4. The average molecular weight is 414 g/mol. The monoisotopic (exact) mass is 410 g/mol. The average Bonchev–Trinajstić information content (AvgIpc) is 2.09. The van der Waals surface area contributed by atoms with Crippen molar-refractivity contribution in [3.63, 3.8) is 0 Å². The van der Waals surface area contributed by atoms with Gasteiger partial charge in [0.2, 0.25) is 0 Å². The normalized spacial score (nSPS) is 57.9. The predicted molar refractivity (Wildman–Crippen MR) is 68.8 cm³/mol. The van der Waals surface area contributed by atoms with E-state index in [0.29, 0.717) is 0 Å². The lowest BCUT2D eigenvalue weighted by molar-refractivity contribution is 0.535. The van der Waals surface area contributed by atoms with Gasteiger partial charge in [0, 0.05) is 0 Å². The molecule has 1 saturated carbocycles. The first kappa shape index (κ1) is 13.5. The van der Waals surface area contributed by atoms with E-state index in [4.69, 9.17) is 58.0 Å². The summed E-state index contributed by atoms with van der Waals surface area (Å²) >= 11 is 36.8. The maximum absolute atomic E-state index is 6.14. The Morgan fingerprint density at radius 3 is 1.85 bits per heavy atom. The van der Waals surface area contributed by atoms with Crippen LogP contribution in [-0.2, 0) is 0 Å². The van der Waals surface area contributed by atoms with Gasteiger partial charge in [-0.15, -0.1) is 58.0 Å². The Morgan fingerprint density at radius 2 is 1.38 bits per heavy atom. The van der Waals surface area contributed by atoms with Crippen LogP contribution in [-0.4, -0.2) is 30.1 Å². The fraction of sp³-hybridized carbons (Fsp3) is 1.00. The molecule has 1 fully saturated rings. The summed E-state index contributed by atoms with van der Waals surface area (Å²) in [5.41, 5.74) is 0. The molecule has 0 amide bonds. The maximum atomic E-state index is 6.14. The van der Waals surface area contributed by atoms with Gasteiger partial charge in [-0.2, -0.15) is 0 Å². The molecule has 0 saturated heterocycles. The lowest BCUT2D eigenvalue weighted by Gasteiger charge is -2.43. The van der Waals surface area contributed by atoms with Crippen LogP contribution >= 0.6 is 89.9 Å². The molecular formula is C6H5Br2Cl5. The molecule has 0 spiro atoms. The summed E-state index contributed by atoms with van der Waals surface area (Å²) < 4.78 is -0.862. The van der Waals surface area contributed by atoms with Gasteiger partial charge in [-0.05, 0) is 0 Å². The molecule has 6 atom stereocenters. The SMILES string of the molecule is ClC1C(Cl)C(Cl)C(Cl)(Br)C(Br)C1Cl. The number of halogens is 7. The zero-order valence-electron chi connectivity index (χ0n) is 6.03. The van der Waals surface area contributed by atoms with Crippen LogP contribution in [0.1, 0.15) is 0 Å². The van der Waals surface area contributed by atoms with Gasteiger partial charge in [0.25, 0.3) is 0 Å². The van der Waals surface area contributed by atoms with Gasteiger partial charge in [-0.1, -0.05) is 31.9 Å². The van der Waals surface area contributed by atoms with E-state index in [1.165, 1.54) is 0 Å². The first-order valence-corrected chi connectivity index (χ1v) is 7.21.